The molecule has 0 aromatic heterocycles. The van der Waals surface area contributed by atoms with E-state index in [1.165, 1.54) is 6.92 Å². The molecule has 0 fully saturated rings. The summed E-state index contributed by atoms with van der Waals surface area (Å²) in [5.41, 5.74) is 0. The highest BCUT2D eigenvalue weighted by Gasteiger charge is 2.04. The molecule has 2 amide bonds. The van der Waals surface area contributed by atoms with Crippen LogP contribution in [0.1, 0.15) is 20.3 Å². The number of imide groups is 1. The smallest absolute Gasteiger partial charge is 0.263 e. The average molecular weight is 301 g/mol. The van der Waals surface area contributed by atoms with Crippen molar-refractivity contribution in [3.63, 3.8) is 0 Å². The quantitative estimate of drug-likeness (QED) is 0.461. The largest absolute Gasteiger partial charge is 0.292 e. The van der Waals surface area contributed by atoms with Gasteiger partial charge in [-0.05, 0) is 6.42 Å². The van der Waals surface area contributed by atoms with Gasteiger partial charge in [0.15, 0.2) is 0 Å². The monoisotopic (exact) mass is 301 g/mol. The van der Waals surface area contributed by atoms with Crippen LogP contribution in [0.4, 0.5) is 0 Å². The fraction of sp³-hybridized carbons (Fsp3) is 0.429. The van der Waals surface area contributed by atoms with Crippen LogP contribution in [-0.4, -0.2) is 11.8 Å². The molecule has 0 aliphatic heterocycles. The van der Waals surface area contributed by atoms with Gasteiger partial charge in [-0.3, -0.25) is 14.9 Å². The minimum Gasteiger partial charge on any atom is -0.292 e. The number of nitrogens with one attached hydrogen (secondary N) is 1. The van der Waals surface area contributed by atoms with E-state index in [9.17, 15) is 9.59 Å². The van der Waals surface area contributed by atoms with E-state index < -0.39 is 5.91 Å². The van der Waals surface area contributed by atoms with E-state index in [-0.39, 0.29) is 34.8 Å². The number of rotatable bonds is 2. The summed E-state index contributed by atoms with van der Waals surface area (Å²) in [6, 6.07) is 0. The van der Waals surface area contributed by atoms with Crippen molar-refractivity contribution < 1.29 is 9.59 Å². The zero-order chi connectivity index (χ0) is 8.85. The Balaban J connectivity index is 0. The van der Waals surface area contributed by atoms with E-state index in [2.05, 4.69) is 17.9 Å². The van der Waals surface area contributed by atoms with Crippen LogP contribution < -0.4 is 5.32 Å². The number of carbonyl (C=O) groups excluding carboxylic acids is 2. The van der Waals surface area contributed by atoms with E-state index in [4.69, 9.17) is 0 Å². The van der Waals surface area contributed by atoms with E-state index in [1.54, 1.807) is 6.08 Å². The lowest BCUT2D eigenvalue weighted by Gasteiger charge is -1.98. The highest BCUT2D eigenvalue weighted by Crippen LogP contribution is 2.00. The molecule has 70 valence electrons. The molecule has 0 heterocycles. The van der Waals surface area contributed by atoms with Gasteiger partial charge >= 0.3 is 0 Å². The molecule has 0 saturated carbocycles. The molecule has 0 saturated heterocycles. The summed E-state index contributed by atoms with van der Waals surface area (Å²) in [6.07, 6.45) is 2.37. The Labute approximate surface area is 94.4 Å². The van der Waals surface area contributed by atoms with Gasteiger partial charge in [0.2, 0.25) is 5.91 Å². The Morgan fingerprint density at radius 1 is 1.50 bits per heavy atom. The molecule has 0 spiro atoms. The summed E-state index contributed by atoms with van der Waals surface area (Å²) in [6.45, 7) is 3.17. The highest BCUT2D eigenvalue weighted by molar-refractivity contribution is 14.0. The molecule has 5 heteroatoms. The Kier molecular flexibility index (Phi) is 9.17. The minimum atomic E-state index is -0.442. The maximum atomic E-state index is 10.9. The molecule has 0 atom stereocenters. The predicted molar refractivity (Wildman–Crippen MR) is 61.6 cm³/mol. The maximum absolute atomic E-state index is 10.9. The normalized spacial score (nSPS) is 10.1. The van der Waals surface area contributed by atoms with Gasteiger partial charge in [-0.25, -0.2) is 0 Å². The Morgan fingerprint density at radius 2 is 2.00 bits per heavy atom. The highest BCUT2D eigenvalue weighted by atomic mass is 127. The summed E-state index contributed by atoms with van der Waals surface area (Å²) >= 11 is 3.88. The van der Waals surface area contributed by atoms with Crippen LogP contribution in [0.5, 0.6) is 0 Å². The lowest BCUT2D eigenvalue weighted by Crippen LogP contribution is -2.27. The van der Waals surface area contributed by atoms with Gasteiger partial charge in [-0.2, -0.15) is 0 Å². The van der Waals surface area contributed by atoms with Crippen molar-refractivity contribution in [1.29, 1.82) is 0 Å². The van der Waals surface area contributed by atoms with Crippen LogP contribution in [0.3, 0.4) is 0 Å². The molecule has 0 radical (unpaired) electrons. The van der Waals surface area contributed by atoms with Crippen LogP contribution in [0.25, 0.3) is 0 Å². The SMILES string of the molecule is CC/C=C(/S)C(=O)NC(C)=O.I. The topological polar surface area (TPSA) is 46.2 Å². The fourth-order valence-electron chi connectivity index (χ4n) is 0.510. The first-order valence-electron chi connectivity index (χ1n) is 3.29. The van der Waals surface area contributed by atoms with Crippen LogP contribution in [0.2, 0.25) is 0 Å². The van der Waals surface area contributed by atoms with E-state index in [0.717, 1.165) is 6.42 Å². The van der Waals surface area contributed by atoms with Gasteiger partial charge in [0.1, 0.15) is 0 Å². The molecular weight excluding hydrogens is 289 g/mol. The van der Waals surface area contributed by atoms with Crippen LogP contribution >= 0.6 is 36.6 Å². The Hall–Kier alpha value is -0.0400. The van der Waals surface area contributed by atoms with Gasteiger partial charge in [-0.1, -0.05) is 13.0 Å². The lowest BCUT2D eigenvalue weighted by atomic mass is 10.4. The molecule has 12 heavy (non-hydrogen) atoms. The molecule has 0 aliphatic carbocycles. The van der Waals surface area contributed by atoms with Crippen molar-refractivity contribution in [2.75, 3.05) is 0 Å². The number of hydrogen-bond donors (Lipinski definition) is 2. The number of allylic oxidation sites excluding steroid dienone is 1. The summed E-state index contributed by atoms with van der Waals surface area (Å²) in [5, 5.41) is 2.10. The number of carbonyl (C=O) groups is 2. The van der Waals surface area contributed by atoms with E-state index >= 15 is 0 Å². The van der Waals surface area contributed by atoms with Crippen LogP contribution in [-0.2, 0) is 9.59 Å². The minimum absolute atomic E-state index is 0. The second-order valence-electron chi connectivity index (χ2n) is 2.01. The third-order valence-corrected chi connectivity index (χ3v) is 1.31. The van der Waals surface area contributed by atoms with Gasteiger partial charge in [0.25, 0.3) is 5.91 Å². The first kappa shape index (κ1) is 14.5. The van der Waals surface area contributed by atoms with E-state index in [0.29, 0.717) is 0 Å². The van der Waals surface area contributed by atoms with Gasteiger partial charge in [0, 0.05) is 6.92 Å². The zero-order valence-electron chi connectivity index (χ0n) is 6.96. The van der Waals surface area contributed by atoms with Crippen molar-refractivity contribution in [2.24, 2.45) is 0 Å². The van der Waals surface area contributed by atoms with Gasteiger partial charge in [0.05, 0.1) is 4.91 Å². The first-order valence-corrected chi connectivity index (χ1v) is 3.73. The summed E-state index contributed by atoms with van der Waals surface area (Å²) in [4.78, 5) is 21.5. The standard InChI is InChI=1S/C7H11NO2S.HI/c1-3-4-6(11)7(10)8-5(2)9;/h4,11H,3H2,1-2H3,(H,8,9,10);1H/b6-4+;. The van der Waals surface area contributed by atoms with E-state index in [1.807, 2.05) is 6.92 Å². The van der Waals surface area contributed by atoms with Crippen LogP contribution in [0, 0.1) is 0 Å². The third kappa shape index (κ3) is 6.66. The second kappa shape index (κ2) is 7.60. The molecule has 0 aromatic carbocycles. The molecular formula is C7H12INO2S. The summed E-state index contributed by atoms with van der Waals surface area (Å²) in [7, 11) is 0. The predicted octanol–water partition coefficient (Wildman–Crippen LogP) is 1.49. The van der Waals surface area contributed by atoms with Crippen molar-refractivity contribution in [3.8, 4) is 0 Å². The number of amides is 2. The Morgan fingerprint density at radius 3 is 2.33 bits per heavy atom. The fourth-order valence-corrected chi connectivity index (χ4v) is 0.748. The first-order chi connectivity index (χ1) is 5.07. The third-order valence-electron chi connectivity index (χ3n) is 0.920. The van der Waals surface area contributed by atoms with Gasteiger partial charge in [-0.15, -0.1) is 36.6 Å². The number of halogens is 1. The molecule has 3 nitrogen and oxygen atoms in total. The van der Waals surface area contributed by atoms with Crippen molar-refractivity contribution >= 4 is 48.4 Å². The second-order valence-corrected chi connectivity index (χ2v) is 2.49. The molecule has 0 unspecified atom stereocenters. The molecule has 0 rings (SSSR count). The van der Waals surface area contributed by atoms with Crippen molar-refractivity contribution in [1.82, 2.24) is 5.32 Å². The van der Waals surface area contributed by atoms with Crippen molar-refractivity contribution in [3.05, 3.63) is 11.0 Å². The average Bonchev–Trinajstić information content (AvgIpc) is 1.86. The molecule has 0 aliphatic rings. The number of hydrogen-bond acceptors (Lipinski definition) is 3. The van der Waals surface area contributed by atoms with Crippen LogP contribution in [0.15, 0.2) is 11.0 Å². The molecule has 0 bridgehead atoms. The van der Waals surface area contributed by atoms with Gasteiger partial charge < -0.3 is 0 Å². The summed E-state index contributed by atoms with van der Waals surface area (Å²) in [5.74, 6) is -0.811. The molecule has 0 aromatic rings. The van der Waals surface area contributed by atoms with Crippen molar-refractivity contribution in [2.45, 2.75) is 20.3 Å². The summed E-state index contributed by atoms with van der Waals surface area (Å²) < 4.78 is 0. The Bertz CT molecular complexity index is 204. The maximum Gasteiger partial charge on any atom is 0.263 e. The zero-order valence-corrected chi connectivity index (χ0v) is 10.2. The lowest BCUT2D eigenvalue weighted by molar-refractivity contribution is -0.126. The molecule has 1 N–H and O–H groups in total. The number of thiol groups is 1.